The standard InChI is InChI=1S/C17H24N2O/c1-4-5-11-19-17(20)15(12-13(2)3)16(18-19)14-9-7-6-8-10-14/h6-10,13,20H,4-5,11-12H2,1-3H3. The van der Waals surface area contributed by atoms with E-state index in [9.17, 15) is 5.11 Å². The highest BCUT2D eigenvalue weighted by molar-refractivity contribution is 5.65. The molecule has 108 valence electrons. The van der Waals surface area contributed by atoms with E-state index in [1.165, 1.54) is 0 Å². The van der Waals surface area contributed by atoms with E-state index in [4.69, 9.17) is 0 Å². The second-order valence-electron chi connectivity index (χ2n) is 5.69. The van der Waals surface area contributed by atoms with Crippen LogP contribution in [0, 0.1) is 5.92 Å². The highest BCUT2D eigenvalue weighted by atomic mass is 16.3. The quantitative estimate of drug-likeness (QED) is 0.853. The maximum atomic E-state index is 10.4. The van der Waals surface area contributed by atoms with E-state index in [0.29, 0.717) is 11.8 Å². The van der Waals surface area contributed by atoms with Gasteiger partial charge in [0.25, 0.3) is 0 Å². The number of hydrogen-bond acceptors (Lipinski definition) is 2. The zero-order valence-electron chi connectivity index (χ0n) is 12.6. The van der Waals surface area contributed by atoms with E-state index in [1.54, 1.807) is 4.68 Å². The van der Waals surface area contributed by atoms with Gasteiger partial charge in [-0.1, -0.05) is 57.5 Å². The molecule has 0 atom stereocenters. The fourth-order valence-electron chi connectivity index (χ4n) is 2.38. The van der Waals surface area contributed by atoms with E-state index in [2.05, 4.69) is 38.0 Å². The topological polar surface area (TPSA) is 38.0 Å². The molecule has 0 fully saturated rings. The average molecular weight is 272 g/mol. The highest BCUT2D eigenvalue weighted by Crippen LogP contribution is 2.31. The predicted molar refractivity (Wildman–Crippen MR) is 82.8 cm³/mol. The molecule has 0 aliphatic carbocycles. The van der Waals surface area contributed by atoms with Crippen LogP contribution in [0.3, 0.4) is 0 Å². The first-order valence-corrected chi connectivity index (χ1v) is 7.47. The smallest absolute Gasteiger partial charge is 0.213 e. The summed E-state index contributed by atoms with van der Waals surface area (Å²) in [6.45, 7) is 7.25. The number of nitrogens with zero attached hydrogens (tertiary/aromatic N) is 2. The van der Waals surface area contributed by atoms with Gasteiger partial charge < -0.3 is 5.11 Å². The van der Waals surface area contributed by atoms with Gasteiger partial charge in [-0.3, -0.25) is 0 Å². The Hall–Kier alpha value is -1.77. The van der Waals surface area contributed by atoms with Crippen LogP contribution in [0.5, 0.6) is 5.88 Å². The van der Waals surface area contributed by atoms with Crippen LogP contribution in [0.4, 0.5) is 0 Å². The van der Waals surface area contributed by atoms with Crippen molar-refractivity contribution in [3.05, 3.63) is 35.9 Å². The van der Waals surface area contributed by atoms with Gasteiger partial charge in [-0.25, -0.2) is 4.68 Å². The molecule has 0 saturated heterocycles. The van der Waals surface area contributed by atoms with Crippen molar-refractivity contribution in [1.82, 2.24) is 9.78 Å². The van der Waals surface area contributed by atoms with Crippen LogP contribution in [-0.2, 0) is 13.0 Å². The van der Waals surface area contributed by atoms with Crippen LogP contribution in [-0.4, -0.2) is 14.9 Å². The Morgan fingerprint density at radius 1 is 1.20 bits per heavy atom. The molecule has 2 aromatic rings. The molecule has 0 spiro atoms. The first kappa shape index (κ1) is 14.6. The minimum Gasteiger partial charge on any atom is -0.493 e. The third-order valence-corrected chi connectivity index (χ3v) is 3.40. The molecular weight excluding hydrogens is 248 g/mol. The van der Waals surface area contributed by atoms with Crippen LogP contribution in [0.1, 0.15) is 39.2 Å². The van der Waals surface area contributed by atoms with Gasteiger partial charge in [0.1, 0.15) is 0 Å². The van der Waals surface area contributed by atoms with Gasteiger partial charge in [-0.2, -0.15) is 5.10 Å². The van der Waals surface area contributed by atoms with Crippen molar-refractivity contribution in [3.63, 3.8) is 0 Å². The van der Waals surface area contributed by atoms with Crippen molar-refractivity contribution in [1.29, 1.82) is 0 Å². The second-order valence-corrected chi connectivity index (χ2v) is 5.69. The lowest BCUT2D eigenvalue weighted by molar-refractivity contribution is 0.387. The van der Waals surface area contributed by atoms with Gasteiger partial charge in [0.15, 0.2) is 0 Å². The van der Waals surface area contributed by atoms with Gasteiger partial charge in [0, 0.05) is 17.7 Å². The Kier molecular flexibility index (Phi) is 4.83. The van der Waals surface area contributed by atoms with Gasteiger partial charge >= 0.3 is 0 Å². The normalized spacial score (nSPS) is 11.2. The molecule has 3 nitrogen and oxygen atoms in total. The fourth-order valence-corrected chi connectivity index (χ4v) is 2.38. The number of hydrogen-bond donors (Lipinski definition) is 1. The predicted octanol–water partition coefficient (Wildman–Crippen LogP) is 4.25. The van der Waals surface area contributed by atoms with E-state index >= 15 is 0 Å². The molecule has 0 bridgehead atoms. The summed E-state index contributed by atoms with van der Waals surface area (Å²) in [5.74, 6) is 0.832. The molecule has 0 aliphatic rings. The Morgan fingerprint density at radius 3 is 2.50 bits per heavy atom. The number of rotatable bonds is 6. The van der Waals surface area contributed by atoms with Gasteiger partial charge in [-0.15, -0.1) is 0 Å². The van der Waals surface area contributed by atoms with Crippen LogP contribution in [0.15, 0.2) is 30.3 Å². The molecule has 0 radical (unpaired) electrons. The maximum Gasteiger partial charge on any atom is 0.213 e. The lowest BCUT2D eigenvalue weighted by Crippen LogP contribution is -1.99. The zero-order chi connectivity index (χ0) is 14.5. The largest absolute Gasteiger partial charge is 0.493 e. The Bertz CT molecular complexity index is 544. The Morgan fingerprint density at radius 2 is 1.90 bits per heavy atom. The SMILES string of the molecule is CCCCn1nc(-c2ccccc2)c(CC(C)C)c1O. The van der Waals surface area contributed by atoms with E-state index in [0.717, 1.165) is 42.6 Å². The molecule has 1 N–H and O–H groups in total. The first-order chi connectivity index (χ1) is 9.63. The van der Waals surface area contributed by atoms with E-state index in [-0.39, 0.29) is 0 Å². The van der Waals surface area contributed by atoms with Gasteiger partial charge in [0.05, 0.1) is 5.69 Å². The van der Waals surface area contributed by atoms with Crippen LogP contribution in [0.2, 0.25) is 0 Å². The maximum absolute atomic E-state index is 10.4. The second kappa shape index (κ2) is 6.60. The summed E-state index contributed by atoms with van der Waals surface area (Å²) < 4.78 is 1.75. The molecule has 20 heavy (non-hydrogen) atoms. The third-order valence-electron chi connectivity index (χ3n) is 3.40. The van der Waals surface area contributed by atoms with Crippen molar-refractivity contribution in [2.75, 3.05) is 0 Å². The van der Waals surface area contributed by atoms with Crippen molar-refractivity contribution in [2.24, 2.45) is 5.92 Å². The van der Waals surface area contributed by atoms with E-state index < -0.39 is 0 Å². The summed E-state index contributed by atoms with van der Waals surface area (Å²) in [6.07, 6.45) is 2.98. The summed E-state index contributed by atoms with van der Waals surface area (Å²) in [6, 6.07) is 10.1. The Labute approximate surface area is 121 Å². The molecule has 1 heterocycles. The van der Waals surface area contributed by atoms with Crippen molar-refractivity contribution < 1.29 is 5.11 Å². The van der Waals surface area contributed by atoms with Crippen molar-refractivity contribution >= 4 is 0 Å². The minimum absolute atomic E-state index is 0.339. The highest BCUT2D eigenvalue weighted by Gasteiger charge is 2.19. The lowest BCUT2D eigenvalue weighted by atomic mass is 9.99. The summed E-state index contributed by atoms with van der Waals surface area (Å²) in [4.78, 5) is 0. The number of aromatic nitrogens is 2. The molecule has 3 heteroatoms. The molecule has 0 unspecified atom stereocenters. The molecule has 1 aromatic carbocycles. The molecular formula is C17H24N2O. The monoisotopic (exact) mass is 272 g/mol. The number of aryl methyl sites for hydroxylation is 1. The summed E-state index contributed by atoms with van der Waals surface area (Å²) in [5, 5.41) is 15.1. The summed E-state index contributed by atoms with van der Waals surface area (Å²) in [7, 11) is 0. The van der Waals surface area contributed by atoms with Crippen LogP contribution >= 0.6 is 0 Å². The summed E-state index contributed by atoms with van der Waals surface area (Å²) >= 11 is 0. The van der Waals surface area contributed by atoms with Crippen LogP contribution in [0.25, 0.3) is 11.3 Å². The number of unbranched alkanes of at least 4 members (excludes halogenated alkanes) is 1. The summed E-state index contributed by atoms with van der Waals surface area (Å²) in [5.41, 5.74) is 2.98. The number of benzene rings is 1. The third kappa shape index (κ3) is 3.21. The van der Waals surface area contributed by atoms with Gasteiger partial charge in [-0.05, 0) is 18.8 Å². The van der Waals surface area contributed by atoms with Crippen molar-refractivity contribution in [2.45, 2.75) is 46.6 Å². The van der Waals surface area contributed by atoms with Crippen molar-refractivity contribution in [3.8, 4) is 17.1 Å². The zero-order valence-corrected chi connectivity index (χ0v) is 12.6. The fraction of sp³-hybridized carbons (Fsp3) is 0.471. The minimum atomic E-state index is 0.339. The molecule has 1 aromatic heterocycles. The van der Waals surface area contributed by atoms with Crippen LogP contribution < -0.4 is 0 Å². The average Bonchev–Trinajstić information content (AvgIpc) is 2.74. The molecule has 0 saturated carbocycles. The van der Waals surface area contributed by atoms with Gasteiger partial charge in [0.2, 0.25) is 5.88 Å². The number of aromatic hydroxyl groups is 1. The molecule has 2 rings (SSSR count). The first-order valence-electron chi connectivity index (χ1n) is 7.47. The molecule has 0 amide bonds. The Balaban J connectivity index is 2.43. The molecule has 0 aliphatic heterocycles. The lowest BCUT2D eigenvalue weighted by Gasteiger charge is -2.06. The van der Waals surface area contributed by atoms with E-state index in [1.807, 2.05) is 18.2 Å².